The topological polar surface area (TPSA) is 57.6 Å². The maximum atomic E-state index is 12.8. The van der Waals surface area contributed by atoms with Crippen LogP contribution in [0.4, 0.5) is 0 Å². The van der Waals surface area contributed by atoms with Gasteiger partial charge in [-0.2, -0.15) is 0 Å². The molecule has 0 spiro atoms. The van der Waals surface area contributed by atoms with E-state index in [2.05, 4.69) is 15.9 Å². The van der Waals surface area contributed by atoms with Crippen LogP contribution in [0.1, 0.15) is 23.2 Å². The van der Waals surface area contributed by atoms with Crippen LogP contribution in [0.5, 0.6) is 0 Å². The van der Waals surface area contributed by atoms with Gasteiger partial charge in [0.1, 0.15) is 0 Å². The molecule has 2 aromatic carbocycles. The SMILES string of the molecule is O=C(O)[C@H]1CN(C(=O)c2ccc3cc(Br)ccc3c2)C[C@@H]1C1CC1. The number of halogens is 1. The summed E-state index contributed by atoms with van der Waals surface area (Å²) in [6.45, 7) is 0.895. The Balaban J connectivity index is 1.59. The third kappa shape index (κ3) is 2.81. The van der Waals surface area contributed by atoms with Crippen LogP contribution < -0.4 is 0 Å². The van der Waals surface area contributed by atoms with Gasteiger partial charge in [-0.15, -0.1) is 0 Å². The van der Waals surface area contributed by atoms with Gasteiger partial charge in [0, 0.05) is 23.1 Å². The van der Waals surface area contributed by atoms with Crippen LogP contribution in [0, 0.1) is 17.8 Å². The van der Waals surface area contributed by atoms with Crippen LogP contribution in [0.3, 0.4) is 0 Å². The molecule has 1 heterocycles. The first kappa shape index (κ1) is 15.6. The van der Waals surface area contributed by atoms with Gasteiger partial charge in [-0.1, -0.05) is 28.1 Å². The zero-order valence-corrected chi connectivity index (χ0v) is 14.7. The monoisotopic (exact) mass is 387 g/mol. The number of carboxylic acids is 1. The van der Waals surface area contributed by atoms with Crippen LogP contribution in [-0.4, -0.2) is 35.0 Å². The first-order valence-corrected chi connectivity index (χ1v) is 9.03. The van der Waals surface area contributed by atoms with Gasteiger partial charge < -0.3 is 10.0 Å². The van der Waals surface area contributed by atoms with Gasteiger partial charge in [0.2, 0.25) is 0 Å². The maximum absolute atomic E-state index is 12.8. The molecule has 2 atom stereocenters. The van der Waals surface area contributed by atoms with Gasteiger partial charge in [-0.05, 0) is 59.7 Å². The maximum Gasteiger partial charge on any atom is 0.308 e. The highest BCUT2D eigenvalue weighted by Crippen LogP contribution is 2.44. The Hall–Kier alpha value is -1.88. The highest BCUT2D eigenvalue weighted by atomic mass is 79.9. The van der Waals surface area contributed by atoms with Gasteiger partial charge in [-0.25, -0.2) is 0 Å². The van der Waals surface area contributed by atoms with E-state index in [0.29, 0.717) is 24.6 Å². The average molecular weight is 388 g/mol. The fourth-order valence-electron chi connectivity index (χ4n) is 3.79. The number of aliphatic carboxylic acids is 1. The van der Waals surface area contributed by atoms with E-state index >= 15 is 0 Å². The van der Waals surface area contributed by atoms with Crippen LogP contribution in [0.25, 0.3) is 10.8 Å². The number of hydrogen-bond donors (Lipinski definition) is 1. The van der Waals surface area contributed by atoms with Crippen molar-refractivity contribution in [3.63, 3.8) is 0 Å². The normalized spacial score (nSPS) is 23.6. The van der Waals surface area contributed by atoms with Gasteiger partial charge in [0.15, 0.2) is 0 Å². The fourth-order valence-corrected chi connectivity index (χ4v) is 4.17. The van der Waals surface area contributed by atoms with Crippen molar-refractivity contribution < 1.29 is 14.7 Å². The van der Waals surface area contributed by atoms with E-state index in [1.165, 1.54) is 0 Å². The summed E-state index contributed by atoms with van der Waals surface area (Å²) in [5.74, 6) is -0.654. The fraction of sp³-hybridized carbons (Fsp3) is 0.368. The van der Waals surface area contributed by atoms with Gasteiger partial charge in [0.25, 0.3) is 5.91 Å². The number of nitrogens with zero attached hydrogens (tertiary/aromatic N) is 1. The van der Waals surface area contributed by atoms with Gasteiger partial charge >= 0.3 is 5.97 Å². The number of likely N-dealkylation sites (tertiary alicyclic amines) is 1. The van der Waals surface area contributed by atoms with E-state index in [4.69, 9.17) is 0 Å². The number of hydrogen-bond acceptors (Lipinski definition) is 2. The average Bonchev–Trinajstić information content (AvgIpc) is 3.31. The van der Waals surface area contributed by atoms with Crippen molar-refractivity contribution >= 4 is 38.6 Å². The Morgan fingerprint density at radius 2 is 1.75 bits per heavy atom. The van der Waals surface area contributed by atoms with E-state index in [1.54, 1.807) is 4.90 Å². The minimum atomic E-state index is -0.773. The van der Waals surface area contributed by atoms with Crippen molar-refractivity contribution in [2.45, 2.75) is 12.8 Å². The Kier molecular flexibility index (Phi) is 3.83. The lowest BCUT2D eigenvalue weighted by molar-refractivity contribution is -0.142. The molecule has 0 unspecified atom stereocenters. The van der Waals surface area contributed by atoms with E-state index in [-0.39, 0.29) is 11.8 Å². The molecule has 2 aliphatic rings. The number of rotatable bonds is 3. The Bertz CT molecular complexity index is 830. The molecule has 2 fully saturated rings. The summed E-state index contributed by atoms with van der Waals surface area (Å²) >= 11 is 3.45. The highest BCUT2D eigenvalue weighted by Gasteiger charge is 2.46. The molecule has 1 saturated carbocycles. The van der Waals surface area contributed by atoms with Gasteiger partial charge in [-0.3, -0.25) is 9.59 Å². The van der Waals surface area contributed by atoms with Crippen LogP contribution >= 0.6 is 15.9 Å². The van der Waals surface area contributed by atoms with Crippen molar-refractivity contribution in [3.05, 3.63) is 46.4 Å². The molecule has 1 aliphatic heterocycles. The summed E-state index contributed by atoms with van der Waals surface area (Å²) in [5, 5.41) is 11.5. The number of carbonyl (C=O) groups excluding carboxylic acids is 1. The lowest BCUT2D eigenvalue weighted by atomic mass is 9.92. The lowest BCUT2D eigenvalue weighted by Crippen LogP contribution is -2.29. The summed E-state index contributed by atoms with van der Waals surface area (Å²) in [5.41, 5.74) is 0.630. The molecule has 1 amide bonds. The van der Waals surface area contributed by atoms with Crippen LogP contribution in [0.2, 0.25) is 0 Å². The summed E-state index contributed by atoms with van der Waals surface area (Å²) in [6.07, 6.45) is 2.20. The summed E-state index contributed by atoms with van der Waals surface area (Å²) in [4.78, 5) is 26.1. The minimum Gasteiger partial charge on any atom is -0.481 e. The zero-order chi connectivity index (χ0) is 16.8. The summed E-state index contributed by atoms with van der Waals surface area (Å²) in [7, 11) is 0. The van der Waals surface area contributed by atoms with Crippen molar-refractivity contribution in [1.29, 1.82) is 0 Å². The first-order chi connectivity index (χ1) is 11.5. The number of benzene rings is 2. The van der Waals surface area contributed by atoms with Crippen molar-refractivity contribution in [2.75, 3.05) is 13.1 Å². The Morgan fingerprint density at radius 1 is 1.04 bits per heavy atom. The van der Waals surface area contributed by atoms with E-state index in [1.807, 2.05) is 36.4 Å². The minimum absolute atomic E-state index is 0.0609. The van der Waals surface area contributed by atoms with Gasteiger partial charge in [0.05, 0.1) is 5.92 Å². The second-order valence-electron chi connectivity index (χ2n) is 6.86. The van der Waals surface area contributed by atoms with Crippen LogP contribution in [0.15, 0.2) is 40.9 Å². The number of carbonyl (C=O) groups is 2. The third-order valence-electron chi connectivity index (χ3n) is 5.25. The molecule has 24 heavy (non-hydrogen) atoms. The van der Waals surface area contributed by atoms with Crippen molar-refractivity contribution in [2.24, 2.45) is 17.8 Å². The Labute approximate surface area is 148 Å². The molecule has 5 heteroatoms. The van der Waals surface area contributed by atoms with Crippen LogP contribution in [-0.2, 0) is 4.79 Å². The third-order valence-corrected chi connectivity index (χ3v) is 5.74. The predicted octanol–water partition coefficient (Wildman–Crippen LogP) is 3.79. The number of fused-ring (bicyclic) bond motifs is 1. The summed E-state index contributed by atoms with van der Waals surface area (Å²) in [6, 6.07) is 11.6. The molecule has 1 aliphatic carbocycles. The summed E-state index contributed by atoms with van der Waals surface area (Å²) < 4.78 is 1.00. The lowest BCUT2D eigenvalue weighted by Gasteiger charge is -2.16. The molecule has 0 radical (unpaired) electrons. The smallest absolute Gasteiger partial charge is 0.308 e. The van der Waals surface area contributed by atoms with Crippen molar-refractivity contribution in [3.8, 4) is 0 Å². The van der Waals surface area contributed by atoms with Crippen molar-refractivity contribution in [1.82, 2.24) is 4.90 Å². The molecule has 2 aromatic rings. The molecule has 0 bridgehead atoms. The molecule has 1 N–H and O–H groups in total. The zero-order valence-electron chi connectivity index (χ0n) is 13.1. The number of amides is 1. The van der Waals surface area contributed by atoms with E-state index < -0.39 is 11.9 Å². The molecule has 4 rings (SSSR count). The molecular weight excluding hydrogens is 370 g/mol. The largest absolute Gasteiger partial charge is 0.481 e. The van der Waals surface area contributed by atoms with E-state index in [9.17, 15) is 14.7 Å². The molecule has 124 valence electrons. The molecule has 4 nitrogen and oxygen atoms in total. The molecular formula is C19H18BrNO3. The second kappa shape index (κ2) is 5.88. The molecule has 1 saturated heterocycles. The van der Waals surface area contributed by atoms with E-state index in [0.717, 1.165) is 28.1 Å². The quantitative estimate of drug-likeness (QED) is 0.871. The predicted molar refractivity (Wildman–Crippen MR) is 94.9 cm³/mol. The highest BCUT2D eigenvalue weighted by molar-refractivity contribution is 9.10. The first-order valence-electron chi connectivity index (χ1n) is 8.24. The number of carboxylic acid groups (broad SMARTS) is 1. The Morgan fingerprint density at radius 3 is 2.46 bits per heavy atom. The standard InChI is InChI=1S/C19H18BrNO3/c20-15-6-5-12-7-14(4-3-13(12)8-15)18(22)21-9-16(11-1-2-11)17(10-21)19(23)24/h3-8,11,16-17H,1-2,9-10H2,(H,23,24)/t16-,17+/m1/s1. The molecule has 0 aromatic heterocycles. The second-order valence-corrected chi connectivity index (χ2v) is 7.78.